The van der Waals surface area contributed by atoms with Gasteiger partial charge in [0.15, 0.2) is 0 Å². The lowest BCUT2D eigenvalue weighted by Crippen LogP contribution is -2.19. The van der Waals surface area contributed by atoms with Crippen LogP contribution < -0.4 is 16.0 Å². The number of rotatable bonds is 6. The van der Waals surface area contributed by atoms with Crippen molar-refractivity contribution in [2.45, 2.75) is 25.3 Å². The fourth-order valence-corrected chi connectivity index (χ4v) is 3.11. The van der Waals surface area contributed by atoms with Crippen LogP contribution in [0.25, 0.3) is 0 Å². The Kier molecular flexibility index (Phi) is 4.46. The molecule has 0 bridgehead atoms. The minimum absolute atomic E-state index is 0.0296. The molecule has 27 heavy (non-hydrogen) atoms. The van der Waals surface area contributed by atoms with E-state index in [4.69, 9.17) is 0 Å². The van der Waals surface area contributed by atoms with Crippen molar-refractivity contribution in [1.29, 1.82) is 0 Å². The van der Waals surface area contributed by atoms with Crippen LogP contribution in [0.4, 0.5) is 23.1 Å². The first-order valence-corrected chi connectivity index (χ1v) is 8.94. The maximum atomic E-state index is 11.2. The quantitative estimate of drug-likeness (QED) is 0.612. The normalized spacial score (nSPS) is 14.3. The van der Waals surface area contributed by atoms with Crippen LogP contribution in [-0.2, 0) is 10.3 Å². The van der Waals surface area contributed by atoms with Crippen molar-refractivity contribution in [1.82, 2.24) is 9.97 Å². The number of benzene rings is 2. The molecule has 1 aromatic heterocycles. The minimum atomic E-state index is -0.106. The second kappa shape index (κ2) is 7.07. The Balaban J connectivity index is 1.49. The lowest BCUT2D eigenvalue weighted by molar-refractivity contribution is -0.114. The molecule has 4 rings (SSSR count). The summed E-state index contributed by atoms with van der Waals surface area (Å²) < 4.78 is 0. The Hall–Kier alpha value is -3.41. The van der Waals surface area contributed by atoms with Gasteiger partial charge in [0.25, 0.3) is 0 Å². The molecule has 0 saturated heterocycles. The van der Waals surface area contributed by atoms with Crippen molar-refractivity contribution < 1.29 is 4.79 Å². The molecule has 0 atom stereocenters. The molecular formula is C21H21N5O. The first-order chi connectivity index (χ1) is 13.1. The van der Waals surface area contributed by atoms with E-state index in [9.17, 15) is 4.79 Å². The zero-order valence-electron chi connectivity index (χ0n) is 15.1. The SMILES string of the molecule is CC(=O)Nc1cccc(Nc2nccc(NC3(c4ccccc4)CC3)n2)c1. The van der Waals surface area contributed by atoms with Crippen LogP contribution in [-0.4, -0.2) is 15.9 Å². The molecule has 3 aromatic rings. The summed E-state index contributed by atoms with van der Waals surface area (Å²) in [5.74, 6) is 1.18. The van der Waals surface area contributed by atoms with E-state index >= 15 is 0 Å². The van der Waals surface area contributed by atoms with Crippen molar-refractivity contribution in [3.8, 4) is 0 Å². The maximum Gasteiger partial charge on any atom is 0.229 e. The van der Waals surface area contributed by atoms with Gasteiger partial charge in [0.2, 0.25) is 11.9 Å². The maximum absolute atomic E-state index is 11.2. The summed E-state index contributed by atoms with van der Waals surface area (Å²) in [6, 6.07) is 19.8. The number of hydrogen-bond donors (Lipinski definition) is 3. The molecule has 6 nitrogen and oxygen atoms in total. The third-order valence-electron chi connectivity index (χ3n) is 4.54. The van der Waals surface area contributed by atoms with Crippen LogP contribution in [0, 0.1) is 0 Å². The van der Waals surface area contributed by atoms with E-state index in [1.54, 1.807) is 6.20 Å². The van der Waals surface area contributed by atoms with Crippen LogP contribution in [0.1, 0.15) is 25.3 Å². The fourth-order valence-electron chi connectivity index (χ4n) is 3.11. The van der Waals surface area contributed by atoms with E-state index in [0.717, 1.165) is 30.0 Å². The molecule has 1 fully saturated rings. The van der Waals surface area contributed by atoms with Gasteiger partial charge in [0.05, 0.1) is 5.54 Å². The second-order valence-corrected chi connectivity index (χ2v) is 6.73. The molecule has 3 N–H and O–H groups in total. The number of anilines is 4. The Morgan fingerprint density at radius 3 is 2.52 bits per heavy atom. The number of carbonyl (C=O) groups excluding carboxylic acids is 1. The van der Waals surface area contributed by atoms with E-state index in [1.165, 1.54) is 12.5 Å². The lowest BCUT2D eigenvalue weighted by atomic mass is 10.1. The molecule has 1 heterocycles. The first-order valence-electron chi connectivity index (χ1n) is 8.94. The molecule has 1 amide bonds. The Morgan fingerprint density at radius 1 is 1.00 bits per heavy atom. The van der Waals surface area contributed by atoms with Gasteiger partial charge in [-0.1, -0.05) is 36.4 Å². The van der Waals surface area contributed by atoms with E-state index in [0.29, 0.717) is 5.95 Å². The molecule has 6 heteroatoms. The number of nitrogens with zero attached hydrogens (tertiary/aromatic N) is 2. The summed E-state index contributed by atoms with van der Waals surface area (Å²) in [5, 5.41) is 9.52. The van der Waals surface area contributed by atoms with Crippen LogP contribution in [0.15, 0.2) is 66.9 Å². The van der Waals surface area contributed by atoms with Gasteiger partial charge in [-0.2, -0.15) is 4.98 Å². The molecular weight excluding hydrogens is 338 g/mol. The monoisotopic (exact) mass is 359 g/mol. The first kappa shape index (κ1) is 17.0. The van der Waals surface area contributed by atoms with Crippen LogP contribution >= 0.6 is 0 Å². The highest BCUT2D eigenvalue weighted by molar-refractivity contribution is 5.89. The Morgan fingerprint density at radius 2 is 1.78 bits per heavy atom. The summed E-state index contributed by atoms with van der Waals surface area (Å²) >= 11 is 0. The molecule has 0 spiro atoms. The Bertz CT molecular complexity index is 954. The van der Waals surface area contributed by atoms with Gasteiger partial charge < -0.3 is 16.0 Å². The fraction of sp³-hybridized carbons (Fsp3) is 0.190. The topological polar surface area (TPSA) is 78.9 Å². The molecule has 0 radical (unpaired) electrons. The van der Waals surface area contributed by atoms with Crippen molar-refractivity contribution in [3.05, 3.63) is 72.4 Å². The highest BCUT2D eigenvalue weighted by atomic mass is 16.1. The molecule has 0 aliphatic heterocycles. The van der Waals surface area contributed by atoms with Gasteiger partial charge in [0, 0.05) is 24.5 Å². The molecule has 0 unspecified atom stereocenters. The largest absolute Gasteiger partial charge is 0.360 e. The lowest BCUT2D eigenvalue weighted by Gasteiger charge is -2.19. The van der Waals surface area contributed by atoms with Gasteiger partial charge in [0.1, 0.15) is 5.82 Å². The van der Waals surface area contributed by atoms with Crippen LogP contribution in [0.2, 0.25) is 0 Å². The summed E-state index contributed by atoms with van der Waals surface area (Å²) in [4.78, 5) is 20.1. The van der Waals surface area contributed by atoms with Crippen molar-refractivity contribution in [2.75, 3.05) is 16.0 Å². The predicted molar refractivity (Wildman–Crippen MR) is 107 cm³/mol. The summed E-state index contributed by atoms with van der Waals surface area (Å²) in [5.41, 5.74) is 2.78. The number of amides is 1. The second-order valence-electron chi connectivity index (χ2n) is 6.73. The minimum Gasteiger partial charge on any atom is -0.360 e. The van der Waals surface area contributed by atoms with Crippen molar-refractivity contribution in [2.24, 2.45) is 0 Å². The van der Waals surface area contributed by atoms with Gasteiger partial charge in [-0.25, -0.2) is 4.98 Å². The van der Waals surface area contributed by atoms with Gasteiger partial charge in [-0.05, 0) is 42.7 Å². The molecule has 1 aliphatic rings. The molecule has 1 saturated carbocycles. The third-order valence-corrected chi connectivity index (χ3v) is 4.54. The number of hydrogen-bond acceptors (Lipinski definition) is 5. The Labute approximate surface area is 158 Å². The van der Waals surface area contributed by atoms with Crippen LogP contribution in [0.5, 0.6) is 0 Å². The standard InChI is InChI=1S/C21H21N5O/c1-15(27)23-17-8-5-9-18(14-17)24-20-22-13-10-19(25-20)26-21(11-12-21)16-6-3-2-4-7-16/h2-10,13-14H,11-12H2,1H3,(H,23,27)(H2,22,24,25,26). The van der Waals surface area contributed by atoms with E-state index in [1.807, 2.05) is 36.4 Å². The highest BCUT2D eigenvalue weighted by Gasteiger charge is 2.44. The summed E-state index contributed by atoms with van der Waals surface area (Å²) in [6.07, 6.45) is 3.90. The zero-order valence-corrected chi connectivity index (χ0v) is 15.1. The average Bonchev–Trinajstić information content (AvgIpc) is 3.43. The summed E-state index contributed by atoms with van der Waals surface area (Å²) in [7, 11) is 0. The van der Waals surface area contributed by atoms with Crippen molar-refractivity contribution in [3.63, 3.8) is 0 Å². The zero-order chi connectivity index (χ0) is 18.7. The summed E-state index contributed by atoms with van der Waals surface area (Å²) in [6.45, 7) is 1.48. The van der Waals surface area contributed by atoms with Crippen molar-refractivity contribution >= 4 is 29.0 Å². The van der Waals surface area contributed by atoms with Crippen LogP contribution in [0.3, 0.4) is 0 Å². The molecule has 2 aromatic carbocycles. The number of aromatic nitrogens is 2. The highest BCUT2D eigenvalue weighted by Crippen LogP contribution is 2.47. The number of nitrogens with one attached hydrogen (secondary N) is 3. The van der Waals surface area contributed by atoms with E-state index in [-0.39, 0.29) is 11.4 Å². The van der Waals surface area contributed by atoms with Gasteiger partial charge >= 0.3 is 0 Å². The van der Waals surface area contributed by atoms with Gasteiger partial charge in [-0.3, -0.25) is 4.79 Å². The van der Waals surface area contributed by atoms with Gasteiger partial charge in [-0.15, -0.1) is 0 Å². The van der Waals surface area contributed by atoms with E-state index in [2.05, 4.69) is 50.2 Å². The molecule has 136 valence electrons. The van der Waals surface area contributed by atoms with E-state index < -0.39 is 0 Å². The predicted octanol–water partition coefficient (Wildman–Crippen LogP) is 4.28. The molecule has 1 aliphatic carbocycles. The third kappa shape index (κ3) is 4.06. The average molecular weight is 359 g/mol. The number of carbonyl (C=O) groups is 1. The smallest absolute Gasteiger partial charge is 0.229 e.